The zero-order chi connectivity index (χ0) is 15.1. The van der Waals surface area contributed by atoms with Gasteiger partial charge in [0.05, 0.1) is 5.60 Å². The molecule has 0 aromatic heterocycles. The second-order valence-corrected chi connectivity index (χ2v) is 7.04. The van der Waals surface area contributed by atoms with Crippen LogP contribution in [0.1, 0.15) is 42.5 Å². The molecule has 1 aliphatic rings. The molecule has 0 aliphatic carbocycles. The first-order chi connectivity index (χ1) is 9.23. The van der Waals surface area contributed by atoms with Crippen molar-refractivity contribution in [2.45, 2.75) is 59.1 Å². The first-order valence-electron chi connectivity index (χ1n) is 7.72. The third kappa shape index (κ3) is 2.91. The fraction of sp³-hybridized carbons (Fsp3) is 0.667. The van der Waals surface area contributed by atoms with Gasteiger partial charge in [0.2, 0.25) is 0 Å². The summed E-state index contributed by atoms with van der Waals surface area (Å²) in [6.07, 6.45) is 1.64. The van der Waals surface area contributed by atoms with E-state index in [1.807, 2.05) is 0 Å². The second kappa shape index (κ2) is 5.50. The van der Waals surface area contributed by atoms with E-state index in [0.717, 1.165) is 19.4 Å². The Morgan fingerprint density at radius 1 is 1.15 bits per heavy atom. The number of hydrogen-bond donors (Lipinski definition) is 1. The van der Waals surface area contributed by atoms with E-state index in [9.17, 15) is 5.11 Å². The Bertz CT molecular complexity index is 496. The Balaban J connectivity index is 2.26. The first-order valence-corrected chi connectivity index (χ1v) is 7.72. The molecule has 3 unspecified atom stereocenters. The van der Waals surface area contributed by atoms with Gasteiger partial charge in [-0.2, -0.15) is 0 Å². The smallest absolute Gasteiger partial charge is 0.0740 e. The minimum atomic E-state index is -0.571. The van der Waals surface area contributed by atoms with E-state index in [1.54, 1.807) is 0 Å². The topological polar surface area (TPSA) is 23.5 Å². The van der Waals surface area contributed by atoms with Gasteiger partial charge in [-0.15, -0.1) is 0 Å². The predicted molar refractivity (Wildman–Crippen MR) is 85.2 cm³/mol. The molecule has 0 saturated carbocycles. The second-order valence-electron chi connectivity index (χ2n) is 7.04. The highest BCUT2D eigenvalue weighted by atomic mass is 16.3. The quantitative estimate of drug-likeness (QED) is 0.895. The predicted octanol–water partition coefficient (Wildman–Crippen LogP) is 3.25. The highest BCUT2D eigenvalue weighted by Gasteiger charge is 2.41. The Kier molecular flexibility index (Phi) is 4.27. The van der Waals surface area contributed by atoms with Crippen LogP contribution in [0.5, 0.6) is 0 Å². The van der Waals surface area contributed by atoms with Crippen LogP contribution in [0.4, 0.5) is 0 Å². The zero-order valence-corrected chi connectivity index (χ0v) is 13.8. The number of piperidine rings is 1. The summed E-state index contributed by atoms with van der Waals surface area (Å²) >= 11 is 0. The summed E-state index contributed by atoms with van der Waals surface area (Å²) in [6.45, 7) is 11.8. The van der Waals surface area contributed by atoms with Crippen LogP contribution < -0.4 is 0 Å². The number of aryl methyl sites for hydroxylation is 3. The molecule has 2 heteroatoms. The van der Waals surface area contributed by atoms with Gasteiger partial charge in [0.25, 0.3) is 0 Å². The van der Waals surface area contributed by atoms with E-state index >= 15 is 0 Å². The van der Waals surface area contributed by atoms with E-state index in [-0.39, 0.29) is 0 Å². The van der Waals surface area contributed by atoms with Gasteiger partial charge in [-0.25, -0.2) is 0 Å². The van der Waals surface area contributed by atoms with Crippen LogP contribution >= 0.6 is 0 Å². The maximum atomic E-state index is 11.1. The van der Waals surface area contributed by atoms with Crippen molar-refractivity contribution >= 4 is 0 Å². The summed E-state index contributed by atoms with van der Waals surface area (Å²) in [6, 6.07) is 4.96. The van der Waals surface area contributed by atoms with Crippen LogP contribution in [0.3, 0.4) is 0 Å². The van der Waals surface area contributed by atoms with Gasteiger partial charge in [-0.3, -0.25) is 0 Å². The molecule has 3 atom stereocenters. The fourth-order valence-corrected chi connectivity index (χ4v) is 3.44. The molecule has 1 aromatic carbocycles. The SMILES string of the molecule is Cc1cc(C)c(CC2(O)CC(C)N(C)CC2C)cc1C. The number of rotatable bonds is 2. The molecule has 1 N–H and O–H groups in total. The summed E-state index contributed by atoms with van der Waals surface area (Å²) < 4.78 is 0. The van der Waals surface area contributed by atoms with E-state index in [1.165, 1.54) is 22.3 Å². The molecule has 1 saturated heterocycles. The van der Waals surface area contributed by atoms with Crippen molar-refractivity contribution in [2.24, 2.45) is 5.92 Å². The lowest BCUT2D eigenvalue weighted by Gasteiger charge is -2.46. The summed E-state index contributed by atoms with van der Waals surface area (Å²) in [4.78, 5) is 2.35. The van der Waals surface area contributed by atoms with Gasteiger partial charge in [-0.1, -0.05) is 19.1 Å². The number of nitrogens with zero attached hydrogens (tertiary/aromatic N) is 1. The Hall–Kier alpha value is -0.860. The molecule has 2 rings (SSSR count). The van der Waals surface area contributed by atoms with Crippen molar-refractivity contribution in [3.05, 3.63) is 34.4 Å². The van der Waals surface area contributed by atoms with Crippen LogP contribution in [0.25, 0.3) is 0 Å². The van der Waals surface area contributed by atoms with Crippen LogP contribution in [-0.2, 0) is 6.42 Å². The van der Waals surface area contributed by atoms with Crippen molar-refractivity contribution in [1.82, 2.24) is 4.90 Å². The minimum absolute atomic E-state index is 0.310. The van der Waals surface area contributed by atoms with Crippen molar-refractivity contribution in [1.29, 1.82) is 0 Å². The lowest BCUT2D eigenvalue weighted by molar-refractivity contribution is -0.0779. The molecule has 1 aliphatic heterocycles. The van der Waals surface area contributed by atoms with Gasteiger partial charge in [0.1, 0.15) is 0 Å². The normalized spacial score (nSPS) is 31.6. The summed E-state index contributed by atoms with van der Waals surface area (Å²) in [5.74, 6) is 0.310. The number of aliphatic hydroxyl groups is 1. The number of likely N-dealkylation sites (tertiary alicyclic amines) is 1. The van der Waals surface area contributed by atoms with Gasteiger partial charge in [-0.05, 0) is 69.3 Å². The van der Waals surface area contributed by atoms with Gasteiger partial charge in [0.15, 0.2) is 0 Å². The molecule has 0 spiro atoms. The Labute approximate surface area is 123 Å². The lowest BCUT2D eigenvalue weighted by atomic mass is 9.74. The fourth-order valence-electron chi connectivity index (χ4n) is 3.44. The zero-order valence-electron chi connectivity index (χ0n) is 13.8. The van der Waals surface area contributed by atoms with Crippen LogP contribution in [0.15, 0.2) is 12.1 Å². The summed E-state index contributed by atoms with van der Waals surface area (Å²) in [7, 11) is 2.15. The third-order valence-corrected chi connectivity index (χ3v) is 5.33. The van der Waals surface area contributed by atoms with Crippen LogP contribution in [-0.4, -0.2) is 35.2 Å². The third-order valence-electron chi connectivity index (χ3n) is 5.33. The van der Waals surface area contributed by atoms with E-state index in [0.29, 0.717) is 12.0 Å². The van der Waals surface area contributed by atoms with Crippen LogP contribution in [0, 0.1) is 26.7 Å². The maximum Gasteiger partial charge on any atom is 0.0740 e. The monoisotopic (exact) mass is 275 g/mol. The van der Waals surface area contributed by atoms with Gasteiger partial charge >= 0.3 is 0 Å². The number of benzene rings is 1. The number of hydrogen-bond acceptors (Lipinski definition) is 2. The summed E-state index contributed by atoms with van der Waals surface area (Å²) in [5.41, 5.74) is 4.70. The van der Waals surface area contributed by atoms with Gasteiger partial charge in [0, 0.05) is 19.0 Å². The molecule has 112 valence electrons. The minimum Gasteiger partial charge on any atom is -0.389 e. The van der Waals surface area contributed by atoms with Crippen molar-refractivity contribution in [2.75, 3.05) is 13.6 Å². The highest BCUT2D eigenvalue weighted by Crippen LogP contribution is 2.34. The van der Waals surface area contributed by atoms with E-state index in [4.69, 9.17) is 0 Å². The van der Waals surface area contributed by atoms with Gasteiger partial charge < -0.3 is 10.0 Å². The highest BCUT2D eigenvalue weighted by molar-refractivity contribution is 5.37. The standard InChI is InChI=1S/C18H29NO/c1-12-7-14(3)17(8-13(12)2)10-18(20)9-16(5)19(6)11-15(18)4/h7-8,15-16,20H,9-11H2,1-6H3. The molecule has 1 heterocycles. The van der Waals surface area contributed by atoms with Crippen LogP contribution in [0.2, 0.25) is 0 Å². The van der Waals surface area contributed by atoms with Crippen molar-refractivity contribution in [3.63, 3.8) is 0 Å². The van der Waals surface area contributed by atoms with Crippen molar-refractivity contribution in [3.8, 4) is 0 Å². The maximum absolute atomic E-state index is 11.1. The molecule has 2 nitrogen and oxygen atoms in total. The Morgan fingerprint density at radius 3 is 2.40 bits per heavy atom. The molecule has 0 bridgehead atoms. The molecule has 0 radical (unpaired) electrons. The molecule has 1 aromatic rings. The molecular formula is C18H29NO. The largest absolute Gasteiger partial charge is 0.389 e. The summed E-state index contributed by atoms with van der Waals surface area (Å²) in [5, 5.41) is 11.1. The average Bonchev–Trinajstić information content (AvgIpc) is 2.34. The average molecular weight is 275 g/mol. The molecule has 0 amide bonds. The van der Waals surface area contributed by atoms with E-state index < -0.39 is 5.60 Å². The lowest BCUT2D eigenvalue weighted by Crippen LogP contribution is -2.54. The van der Waals surface area contributed by atoms with Crippen molar-refractivity contribution < 1.29 is 5.11 Å². The molecular weight excluding hydrogens is 246 g/mol. The first kappa shape index (κ1) is 15.5. The van der Waals surface area contributed by atoms with E-state index in [2.05, 4.69) is 58.7 Å². The molecule has 1 fully saturated rings. The Morgan fingerprint density at radius 2 is 1.75 bits per heavy atom. The molecule has 20 heavy (non-hydrogen) atoms.